The molecule has 3 aromatic rings. The first kappa shape index (κ1) is 16.3. The van der Waals surface area contributed by atoms with Gasteiger partial charge in [-0.2, -0.15) is 5.10 Å². The fraction of sp³-hybridized carbons (Fsp3) is 0.278. The number of hydrogen-bond donors (Lipinski definition) is 2. The molecule has 0 saturated heterocycles. The Labute approximate surface area is 150 Å². The average Bonchev–Trinajstić information content (AvgIpc) is 3.17. The van der Waals surface area contributed by atoms with Crippen LogP contribution in [0.3, 0.4) is 0 Å². The molecule has 4 rings (SSSR count). The third kappa shape index (κ3) is 2.95. The number of nitrogens with zero attached hydrogens (tertiary/aromatic N) is 4. The van der Waals surface area contributed by atoms with E-state index in [1.165, 1.54) is 0 Å². The molecule has 0 unspecified atom stereocenters. The molecule has 1 aliphatic rings. The summed E-state index contributed by atoms with van der Waals surface area (Å²) in [6.07, 6.45) is 1.65. The number of carbonyl (C=O) groups is 1. The molecule has 3 heterocycles. The predicted octanol–water partition coefficient (Wildman–Crippen LogP) is 1.37. The van der Waals surface area contributed by atoms with Gasteiger partial charge < -0.3 is 10.3 Å². The molecule has 2 aromatic heterocycles. The monoisotopic (exact) mass is 352 g/mol. The molecule has 0 spiro atoms. The van der Waals surface area contributed by atoms with Crippen molar-refractivity contribution in [3.63, 3.8) is 0 Å². The lowest BCUT2D eigenvalue weighted by molar-refractivity contribution is 0.102. The molecule has 8 nitrogen and oxygen atoms in total. The van der Waals surface area contributed by atoms with Gasteiger partial charge in [0, 0.05) is 36.6 Å². The summed E-state index contributed by atoms with van der Waals surface area (Å²) in [6.45, 7) is 4.43. The number of aromatic nitrogens is 4. The van der Waals surface area contributed by atoms with Crippen LogP contribution < -0.4 is 11.0 Å². The number of fused-ring (bicyclic) bond motifs is 1. The Balaban J connectivity index is 1.51. The van der Waals surface area contributed by atoms with E-state index in [9.17, 15) is 9.59 Å². The largest absolute Gasteiger partial charge is 0.330 e. The summed E-state index contributed by atoms with van der Waals surface area (Å²) >= 11 is 0. The minimum Gasteiger partial charge on any atom is -0.312 e. The highest BCUT2D eigenvalue weighted by molar-refractivity contribution is 6.03. The van der Waals surface area contributed by atoms with Crippen molar-refractivity contribution >= 4 is 11.7 Å². The van der Waals surface area contributed by atoms with E-state index in [0.29, 0.717) is 17.1 Å². The summed E-state index contributed by atoms with van der Waals surface area (Å²) in [5, 5.41) is 7.28. The number of aromatic amines is 1. The second kappa shape index (κ2) is 6.30. The number of hydrogen-bond acceptors (Lipinski definition) is 4. The molecular formula is C18H20N6O2. The lowest BCUT2D eigenvalue weighted by atomic mass is 10.2. The zero-order valence-electron chi connectivity index (χ0n) is 14.7. The van der Waals surface area contributed by atoms with Crippen LogP contribution in [0.4, 0.5) is 5.82 Å². The molecule has 1 aromatic carbocycles. The van der Waals surface area contributed by atoms with Crippen LogP contribution in [0.5, 0.6) is 0 Å². The van der Waals surface area contributed by atoms with Crippen LogP contribution in [0.25, 0.3) is 5.69 Å². The molecule has 1 amide bonds. The minimum absolute atomic E-state index is 0.201. The van der Waals surface area contributed by atoms with Crippen LogP contribution >= 0.6 is 0 Å². The maximum absolute atomic E-state index is 12.5. The van der Waals surface area contributed by atoms with Crippen LogP contribution in [-0.2, 0) is 13.1 Å². The lowest BCUT2D eigenvalue weighted by Crippen LogP contribution is -2.30. The number of amides is 1. The van der Waals surface area contributed by atoms with Gasteiger partial charge in [0.25, 0.3) is 5.91 Å². The number of aryl methyl sites for hydroxylation is 1. The molecule has 2 N–H and O–H groups in total. The van der Waals surface area contributed by atoms with Crippen molar-refractivity contribution < 1.29 is 4.79 Å². The fourth-order valence-corrected chi connectivity index (χ4v) is 3.19. The molecule has 8 heteroatoms. The van der Waals surface area contributed by atoms with E-state index in [2.05, 4.69) is 27.3 Å². The number of nitrogens with one attached hydrogen (secondary N) is 2. The van der Waals surface area contributed by atoms with Crippen molar-refractivity contribution in [3.05, 3.63) is 64.0 Å². The Hall–Kier alpha value is -3.13. The SMILES string of the molecule is Cc1c[nH]c(=O)n1-c1ccc(C(=O)Nc2cc3n(n2)CCN(C)C3)cc1. The standard InChI is InChI=1S/C18H20N6O2/c1-12-10-19-18(26)24(12)14-5-3-13(4-6-14)17(25)20-16-9-15-11-22(2)7-8-23(15)21-16/h3-6,9-10H,7-8,11H2,1-2H3,(H,19,26)(H,20,21,25). The summed E-state index contributed by atoms with van der Waals surface area (Å²) in [6, 6.07) is 8.82. The van der Waals surface area contributed by atoms with Crippen molar-refractivity contribution in [2.24, 2.45) is 0 Å². The van der Waals surface area contributed by atoms with Crippen molar-refractivity contribution in [2.45, 2.75) is 20.0 Å². The summed E-state index contributed by atoms with van der Waals surface area (Å²) in [7, 11) is 2.06. The minimum atomic E-state index is -0.224. The number of imidazole rings is 1. The Kier molecular flexibility index (Phi) is 3.96. The van der Waals surface area contributed by atoms with E-state index in [0.717, 1.165) is 31.0 Å². The van der Waals surface area contributed by atoms with Crippen molar-refractivity contribution in [1.29, 1.82) is 0 Å². The number of H-pyrrole nitrogens is 1. The molecule has 0 saturated carbocycles. The van der Waals surface area contributed by atoms with E-state index in [4.69, 9.17) is 0 Å². The van der Waals surface area contributed by atoms with Gasteiger partial charge in [-0.3, -0.25) is 18.9 Å². The zero-order chi connectivity index (χ0) is 18.3. The Morgan fingerprint density at radius 2 is 2.00 bits per heavy atom. The second-order valence-electron chi connectivity index (χ2n) is 6.55. The summed E-state index contributed by atoms with van der Waals surface area (Å²) in [5.74, 6) is 0.334. The van der Waals surface area contributed by atoms with E-state index < -0.39 is 0 Å². The van der Waals surface area contributed by atoms with Gasteiger partial charge in [0.05, 0.1) is 17.9 Å². The maximum atomic E-state index is 12.5. The van der Waals surface area contributed by atoms with Crippen LogP contribution in [-0.4, -0.2) is 43.7 Å². The molecule has 0 fully saturated rings. The van der Waals surface area contributed by atoms with Crippen LogP contribution in [0.1, 0.15) is 21.7 Å². The van der Waals surface area contributed by atoms with Gasteiger partial charge in [-0.15, -0.1) is 0 Å². The van der Waals surface area contributed by atoms with Gasteiger partial charge in [0.2, 0.25) is 0 Å². The number of carbonyl (C=O) groups excluding carboxylic acids is 1. The average molecular weight is 352 g/mol. The lowest BCUT2D eigenvalue weighted by Gasteiger charge is -2.22. The maximum Gasteiger partial charge on any atom is 0.330 e. The van der Waals surface area contributed by atoms with Gasteiger partial charge in [0.15, 0.2) is 5.82 Å². The molecule has 1 aliphatic heterocycles. The zero-order valence-corrected chi connectivity index (χ0v) is 14.7. The quantitative estimate of drug-likeness (QED) is 0.745. The highest BCUT2D eigenvalue weighted by Crippen LogP contribution is 2.17. The number of benzene rings is 1. The third-order valence-electron chi connectivity index (χ3n) is 4.58. The number of rotatable bonds is 3. The van der Waals surface area contributed by atoms with E-state index in [1.54, 1.807) is 35.0 Å². The summed E-state index contributed by atoms with van der Waals surface area (Å²) < 4.78 is 3.49. The fourth-order valence-electron chi connectivity index (χ4n) is 3.19. The number of likely N-dealkylation sites (N-methyl/N-ethyl adjacent to an activating group) is 1. The van der Waals surface area contributed by atoms with Crippen molar-refractivity contribution in [2.75, 3.05) is 18.9 Å². The van der Waals surface area contributed by atoms with Crippen LogP contribution in [0, 0.1) is 6.92 Å². The molecule has 134 valence electrons. The Morgan fingerprint density at radius 3 is 2.69 bits per heavy atom. The molecular weight excluding hydrogens is 332 g/mol. The van der Waals surface area contributed by atoms with Crippen LogP contribution in [0.15, 0.2) is 41.3 Å². The van der Waals surface area contributed by atoms with Crippen molar-refractivity contribution in [3.8, 4) is 5.69 Å². The molecule has 0 bridgehead atoms. The van der Waals surface area contributed by atoms with Gasteiger partial charge in [-0.1, -0.05) is 0 Å². The topological polar surface area (TPSA) is 87.9 Å². The van der Waals surface area contributed by atoms with Crippen LogP contribution in [0.2, 0.25) is 0 Å². The predicted molar refractivity (Wildman–Crippen MR) is 97.6 cm³/mol. The van der Waals surface area contributed by atoms with Gasteiger partial charge in [-0.05, 0) is 38.2 Å². The van der Waals surface area contributed by atoms with Gasteiger partial charge in [-0.25, -0.2) is 4.79 Å². The summed E-state index contributed by atoms with van der Waals surface area (Å²) in [5.41, 5.74) is 2.92. The van der Waals surface area contributed by atoms with Gasteiger partial charge in [0.1, 0.15) is 0 Å². The highest BCUT2D eigenvalue weighted by Gasteiger charge is 2.17. The molecule has 0 atom stereocenters. The normalized spacial score (nSPS) is 14.2. The van der Waals surface area contributed by atoms with Crippen molar-refractivity contribution in [1.82, 2.24) is 24.2 Å². The van der Waals surface area contributed by atoms with E-state index >= 15 is 0 Å². The smallest absolute Gasteiger partial charge is 0.312 e. The second-order valence-corrected chi connectivity index (χ2v) is 6.55. The Morgan fingerprint density at radius 1 is 1.23 bits per heavy atom. The molecule has 0 radical (unpaired) electrons. The highest BCUT2D eigenvalue weighted by atomic mass is 16.2. The third-order valence-corrected chi connectivity index (χ3v) is 4.58. The molecule has 26 heavy (non-hydrogen) atoms. The first-order valence-corrected chi connectivity index (χ1v) is 8.45. The van der Waals surface area contributed by atoms with Gasteiger partial charge >= 0.3 is 5.69 Å². The van der Waals surface area contributed by atoms with E-state index in [1.807, 2.05) is 17.7 Å². The number of anilines is 1. The molecule has 0 aliphatic carbocycles. The summed E-state index contributed by atoms with van der Waals surface area (Å²) in [4.78, 5) is 29.2. The first-order chi connectivity index (χ1) is 12.5. The first-order valence-electron chi connectivity index (χ1n) is 8.45. The van der Waals surface area contributed by atoms with E-state index in [-0.39, 0.29) is 11.6 Å². The Bertz CT molecular complexity index is 1010.